The zero-order valence-electron chi connectivity index (χ0n) is 22.7. The third-order valence-electron chi connectivity index (χ3n) is 6.35. The second-order valence-electron chi connectivity index (χ2n) is 11.1. The van der Waals surface area contributed by atoms with Crippen molar-refractivity contribution in [3.8, 4) is 0 Å². The summed E-state index contributed by atoms with van der Waals surface area (Å²) in [5.74, 6) is -0.345. The Morgan fingerprint density at radius 1 is 1.05 bits per heavy atom. The van der Waals surface area contributed by atoms with Crippen LogP contribution in [0.3, 0.4) is 0 Å². The predicted octanol–water partition coefficient (Wildman–Crippen LogP) is 6.15. The molecule has 1 aliphatic heterocycles. The molecule has 3 heterocycles. The molecule has 2 unspecified atom stereocenters. The fourth-order valence-electron chi connectivity index (χ4n) is 4.38. The van der Waals surface area contributed by atoms with Crippen LogP contribution in [0.25, 0.3) is 5.70 Å². The number of allylic oxidation sites excluding steroid dienone is 1. The minimum atomic E-state index is -0.565. The Morgan fingerprint density at radius 2 is 1.73 bits per heavy atom. The lowest BCUT2D eigenvalue weighted by atomic mass is 9.90. The molecule has 0 saturated carbocycles. The molecule has 9 heteroatoms. The first-order valence-corrected chi connectivity index (χ1v) is 12.9. The highest BCUT2D eigenvalue weighted by molar-refractivity contribution is 5.75. The van der Waals surface area contributed by atoms with Gasteiger partial charge in [-0.2, -0.15) is 0 Å². The first kappa shape index (κ1) is 28.2. The minimum absolute atomic E-state index is 0.0442. The predicted molar refractivity (Wildman–Crippen MR) is 150 cm³/mol. The van der Waals surface area contributed by atoms with Gasteiger partial charge in [-0.1, -0.05) is 33.9 Å². The first-order chi connectivity index (χ1) is 17.3. The number of nitrogens with zero attached hydrogens (tertiary/aromatic N) is 3. The molecule has 0 bridgehead atoms. The van der Waals surface area contributed by atoms with Crippen molar-refractivity contribution in [3.63, 3.8) is 0 Å². The Bertz CT molecular complexity index is 1120. The lowest BCUT2D eigenvalue weighted by molar-refractivity contribution is 0.388. The molecule has 5 N–H and O–H groups in total. The van der Waals surface area contributed by atoms with Crippen molar-refractivity contribution in [3.05, 3.63) is 54.4 Å². The third kappa shape index (κ3) is 7.81. The van der Waals surface area contributed by atoms with Crippen molar-refractivity contribution in [2.24, 2.45) is 11.1 Å². The van der Waals surface area contributed by atoms with Crippen molar-refractivity contribution < 1.29 is 8.78 Å². The van der Waals surface area contributed by atoms with Gasteiger partial charge >= 0.3 is 0 Å². The lowest BCUT2D eigenvalue weighted by Gasteiger charge is -2.28. The molecule has 202 valence electrons. The SMILES string of the molecule is C=C(CC(C)(C)C)NC(C)C(C)Nc1nc(Nc2cnc(N3CCCCC3)c(F)c2)c(C(=C)N)cc1F. The number of anilines is 4. The van der Waals surface area contributed by atoms with Crippen LogP contribution in [0.2, 0.25) is 0 Å². The van der Waals surface area contributed by atoms with E-state index < -0.39 is 11.6 Å². The van der Waals surface area contributed by atoms with Crippen molar-refractivity contribution in [2.45, 2.75) is 72.4 Å². The summed E-state index contributed by atoms with van der Waals surface area (Å²) in [6.07, 6.45) is 5.56. The van der Waals surface area contributed by atoms with Gasteiger partial charge in [0.05, 0.1) is 11.9 Å². The number of rotatable bonds is 10. The van der Waals surface area contributed by atoms with E-state index >= 15 is 0 Å². The van der Waals surface area contributed by atoms with E-state index in [2.05, 4.69) is 59.8 Å². The smallest absolute Gasteiger partial charge is 0.167 e. The van der Waals surface area contributed by atoms with E-state index in [0.717, 1.165) is 44.5 Å². The molecule has 0 spiro atoms. The van der Waals surface area contributed by atoms with E-state index in [1.165, 1.54) is 12.1 Å². The summed E-state index contributed by atoms with van der Waals surface area (Å²) in [6, 6.07) is 2.42. The second kappa shape index (κ2) is 11.8. The van der Waals surface area contributed by atoms with E-state index in [1.54, 1.807) is 6.20 Å². The summed E-state index contributed by atoms with van der Waals surface area (Å²) < 4.78 is 29.9. The Morgan fingerprint density at radius 3 is 2.32 bits per heavy atom. The lowest BCUT2D eigenvalue weighted by Crippen LogP contribution is -2.40. The molecule has 0 aromatic carbocycles. The van der Waals surface area contributed by atoms with Crippen molar-refractivity contribution in [2.75, 3.05) is 28.6 Å². The molecule has 1 aliphatic rings. The van der Waals surface area contributed by atoms with Gasteiger partial charge in [-0.15, -0.1) is 0 Å². The quantitative estimate of drug-likeness (QED) is 0.303. The molecule has 3 rings (SSSR count). The van der Waals surface area contributed by atoms with Crippen LogP contribution in [0, 0.1) is 17.0 Å². The van der Waals surface area contributed by atoms with Crippen LogP contribution < -0.4 is 26.6 Å². The Hall–Kier alpha value is -3.36. The van der Waals surface area contributed by atoms with Gasteiger partial charge in [-0.25, -0.2) is 18.7 Å². The second-order valence-corrected chi connectivity index (χ2v) is 11.1. The summed E-state index contributed by atoms with van der Waals surface area (Å²) in [4.78, 5) is 10.7. The average Bonchev–Trinajstić information content (AvgIpc) is 2.80. The molecular formula is C28H41F2N7. The molecule has 0 aliphatic carbocycles. The third-order valence-corrected chi connectivity index (χ3v) is 6.35. The van der Waals surface area contributed by atoms with Gasteiger partial charge in [0, 0.05) is 48.2 Å². The molecule has 37 heavy (non-hydrogen) atoms. The van der Waals surface area contributed by atoms with E-state index in [-0.39, 0.29) is 34.8 Å². The fraction of sp³-hybridized carbons (Fsp3) is 0.500. The highest BCUT2D eigenvalue weighted by Gasteiger charge is 2.21. The summed E-state index contributed by atoms with van der Waals surface area (Å²) in [5.41, 5.74) is 7.75. The summed E-state index contributed by atoms with van der Waals surface area (Å²) in [7, 11) is 0. The normalized spacial score (nSPS) is 15.6. The number of aromatic nitrogens is 2. The van der Waals surface area contributed by atoms with Crippen LogP contribution in [0.15, 0.2) is 37.2 Å². The Labute approximate surface area is 219 Å². The van der Waals surface area contributed by atoms with Gasteiger partial charge in [0.15, 0.2) is 23.3 Å². The zero-order chi connectivity index (χ0) is 27.3. The average molecular weight is 514 g/mol. The number of pyridine rings is 2. The Kier molecular flexibility index (Phi) is 8.99. The summed E-state index contributed by atoms with van der Waals surface area (Å²) in [6.45, 7) is 19.8. The van der Waals surface area contributed by atoms with Crippen molar-refractivity contribution >= 4 is 28.8 Å². The van der Waals surface area contributed by atoms with Crippen LogP contribution in [0.5, 0.6) is 0 Å². The van der Waals surface area contributed by atoms with Gasteiger partial charge in [-0.05, 0) is 51.0 Å². The number of nitrogens with two attached hydrogens (primary N) is 1. The van der Waals surface area contributed by atoms with E-state index in [4.69, 9.17) is 5.73 Å². The molecule has 0 amide bonds. The van der Waals surface area contributed by atoms with Crippen LogP contribution in [-0.4, -0.2) is 35.1 Å². The highest BCUT2D eigenvalue weighted by Crippen LogP contribution is 2.29. The number of halogens is 2. The van der Waals surface area contributed by atoms with Crippen molar-refractivity contribution in [1.29, 1.82) is 0 Å². The molecule has 2 aromatic rings. The van der Waals surface area contributed by atoms with Gasteiger partial charge in [-0.3, -0.25) is 0 Å². The topological polar surface area (TPSA) is 91.1 Å². The molecule has 0 radical (unpaired) electrons. The van der Waals surface area contributed by atoms with Crippen LogP contribution >= 0.6 is 0 Å². The van der Waals surface area contributed by atoms with E-state index in [0.29, 0.717) is 17.1 Å². The number of hydrogen-bond donors (Lipinski definition) is 4. The minimum Gasteiger partial charge on any atom is -0.399 e. The zero-order valence-corrected chi connectivity index (χ0v) is 22.7. The number of piperidine rings is 1. The largest absolute Gasteiger partial charge is 0.399 e. The van der Waals surface area contributed by atoms with E-state index in [1.807, 2.05) is 18.7 Å². The Balaban J connectivity index is 1.78. The molecule has 2 atom stereocenters. The first-order valence-electron chi connectivity index (χ1n) is 12.9. The summed E-state index contributed by atoms with van der Waals surface area (Å²) >= 11 is 0. The number of nitrogens with one attached hydrogen (secondary N) is 3. The van der Waals surface area contributed by atoms with Gasteiger partial charge in [0.1, 0.15) is 5.82 Å². The maximum absolute atomic E-state index is 15.0. The van der Waals surface area contributed by atoms with Gasteiger partial charge in [0.25, 0.3) is 0 Å². The fourth-order valence-corrected chi connectivity index (χ4v) is 4.38. The van der Waals surface area contributed by atoms with Gasteiger partial charge in [0.2, 0.25) is 0 Å². The van der Waals surface area contributed by atoms with Crippen LogP contribution in [0.4, 0.5) is 31.9 Å². The summed E-state index contributed by atoms with van der Waals surface area (Å²) in [5, 5.41) is 9.57. The number of hydrogen-bond acceptors (Lipinski definition) is 7. The maximum atomic E-state index is 15.0. The van der Waals surface area contributed by atoms with Crippen LogP contribution in [0.1, 0.15) is 65.9 Å². The maximum Gasteiger partial charge on any atom is 0.167 e. The molecule has 2 aromatic heterocycles. The monoisotopic (exact) mass is 513 g/mol. The molecule has 7 nitrogen and oxygen atoms in total. The van der Waals surface area contributed by atoms with Crippen molar-refractivity contribution in [1.82, 2.24) is 15.3 Å². The van der Waals surface area contributed by atoms with Gasteiger partial charge < -0.3 is 26.6 Å². The van der Waals surface area contributed by atoms with E-state index in [9.17, 15) is 8.78 Å². The molecule has 1 saturated heterocycles. The molecular weight excluding hydrogens is 472 g/mol. The highest BCUT2D eigenvalue weighted by atomic mass is 19.1. The van der Waals surface area contributed by atoms with Crippen LogP contribution in [-0.2, 0) is 0 Å². The molecule has 1 fully saturated rings. The standard InChI is InChI=1S/C28H41F2N7/c1-17(15-28(5,6)7)33-19(3)20(4)34-26-23(29)14-22(18(2)31)25(36-26)35-21-13-24(30)27(32-16-21)37-11-9-8-10-12-37/h13-14,16,19-20,33H,1-2,8-12,15,31H2,3-7H3,(H2,34,35,36).